The quantitative estimate of drug-likeness (QED) is 0.497. The van der Waals surface area contributed by atoms with E-state index in [1.54, 1.807) is 38.3 Å². The maximum atomic E-state index is 12.4. The van der Waals surface area contributed by atoms with Gasteiger partial charge in [-0.05, 0) is 47.1 Å². The number of nitrogens with one attached hydrogen (secondary N) is 1. The van der Waals surface area contributed by atoms with Gasteiger partial charge >= 0.3 is 0 Å². The number of hydrogen-bond acceptors (Lipinski definition) is 9. The highest BCUT2D eigenvalue weighted by molar-refractivity contribution is 5.94. The Morgan fingerprint density at radius 3 is 2.76 bits per heavy atom. The molecule has 1 aromatic carbocycles. The largest absolute Gasteiger partial charge is 0.497 e. The molecule has 11 nitrogen and oxygen atoms in total. The van der Waals surface area contributed by atoms with Crippen LogP contribution in [-0.4, -0.2) is 44.5 Å². The number of amides is 1. The maximum Gasteiger partial charge on any atom is 0.292 e. The fourth-order valence-corrected chi connectivity index (χ4v) is 2.01. The van der Waals surface area contributed by atoms with Crippen LogP contribution in [0, 0.1) is 6.92 Å². The number of hydrazone groups is 1. The molecule has 0 aliphatic heterocycles. The first kappa shape index (κ1) is 16.1. The Kier molecular flexibility index (Phi) is 4.37. The molecule has 0 fully saturated rings. The zero-order valence-corrected chi connectivity index (χ0v) is 13.4. The van der Waals surface area contributed by atoms with E-state index >= 15 is 0 Å². The van der Waals surface area contributed by atoms with Crippen LogP contribution in [0.15, 0.2) is 34.0 Å². The standard InChI is InChI=1S/C14H14N8O3/c1-8-11(22(21-17-8)13-12(15)19-25-20-13)14(23)18-16-7-9-3-5-10(24-2)6-4-9/h3-7H,1-2H3,(H2,15,19)(H,18,23). The van der Waals surface area contributed by atoms with Crippen molar-refractivity contribution >= 4 is 17.9 Å². The van der Waals surface area contributed by atoms with E-state index in [4.69, 9.17) is 10.5 Å². The first-order valence-electron chi connectivity index (χ1n) is 7.08. The number of methoxy groups -OCH3 is 1. The zero-order chi connectivity index (χ0) is 17.8. The summed E-state index contributed by atoms with van der Waals surface area (Å²) in [7, 11) is 1.58. The monoisotopic (exact) mass is 342 g/mol. The minimum Gasteiger partial charge on any atom is -0.497 e. The number of hydrogen-bond donors (Lipinski definition) is 2. The van der Waals surface area contributed by atoms with Crippen molar-refractivity contribution in [2.45, 2.75) is 6.92 Å². The van der Waals surface area contributed by atoms with E-state index in [9.17, 15) is 4.79 Å². The molecular weight excluding hydrogens is 328 g/mol. The summed E-state index contributed by atoms with van der Waals surface area (Å²) in [6.07, 6.45) is 1.49. The summed E-state index contributed by atoms with van der Waals surface area (Å²) >= 11 is 0. The highest BCUT2D eigenvalue weighted by Crippen LogP contribution is 2.15. The summed E-state index contributed by atoms with van der Waals surface area (Å²) in [5, 5.41) is 18.6. The fraction of sp³-hybridized carbons (Fsp3) is 0.143. The van der Waals surface area contributed by atoms with Crippen LogP contribution in [0.5, 0.6) is 5.75 Å². The highest BCUT2D eigenvalue weighted by Gasteiger charge is 2.22. The number of carbonyl (C=O) groups excluding carboxylic acids is 1. The number of nitrogens with zero attached hydrogens (tertiary/aromatic N) is 6. The van der Waals surface area contributed by atoms with Gasteiger partial charge in [-0.25, -0.2) is 10.1 Å². The highest BCUT2D eigenvalue weighted by atomic mass is 16.6. The Morgan fingerprint density at radius 2 is 2.12 bits per heavy atom. The molecule has 0 spiro atoms. The van der Waals surface area contributed by atoms with E-state index in [2.05, 4.69) is 35.8 Å². The Labute approximate surface area is 141 Å². The Balaban J connectivity index is 1.76. The molecule has 1 amide bonds. The van der Waals surface area contributed by atoms with Gasteiger partial charge in [0.2, 0.25) is 11.6 Å². The molecule has 0 aliphatic rings. The Bertz CT molecular complexity index is 913. The van der Waals surface area contributed by atoms with Gasteiger partial charge in [0.25, 0.3) is 5.91 Å². The van der Waals surface area contributed by atoms with Crippen molar-refractivity contribution in [2.75, 3.05) is 12.8 Å². The van der Waals surface area contributed by atoms with Gasteiger partial charge in [0.15, 0.2) is 5.69 Å². The summed E-state index contributed by atoms with van der Waals surface area (Å²) in [4.78, 5) is 12.4. The predicted octanol–water partition coefficient (Wildman–Crippen LogP) is 0.313. The summed E-state index contributed by atoms with van der Waals surface area (Å²) in [5.74, 6) is 0.255. The molecule has 128 valence electrons. The van der Waals surface area contributed by atoms with E-state index in [1.165, 1.54) is 6.21 Å². The van der Waals surface area contributed by atoms with Crippen molar-refractivity contribution in [3.05, 3.63) is 41.2 Å². The van der Waals surface area contributed by atoms with E-state index < -0.39 is 5.91 Å². The molecule has 3 aromatic rings. The van der Waals surface area contributed by atoms with Crippen molar-refractivity contribution in [2.24, 2.45) is 5.10 Å². The van der Waals surface area contributed by atoms with Gasteiger partial charge in [0, 0.05) is 0 Å². The van der Waals surface area contributed by atoms with Gasteiger partial charge in [-0.15, -0.1) is 5.10 Å². The Morgan fingerprint density at radius 1 is 1.36 bits per heavy atom. The van der Waals surface area contributed by atoms with E-state index in [0.29, 0.717) is 5.69 Å². The number of aromatic nitrogens is 5. The third kappa shape index (κ3) is 3.29. The number of nitrogens with two attached hydrogens (primary N) is 1. The lowest BCUT2D eigenvalue weighted by Crippen LogP contribution is -2.22. The second kappa shape index (κ2) is 6.78. The molecule has 0 saturated heterocycles. The molecule has 0 radical (unpaired) electrons. The van der Waals surface area contributed by atoms with Gasteiger partial charge in [0.1, 0.15) is 5.75 Å². The number of carbonyl (C=O) groups is 1. The zero-order valence-electron chi connectivity index (χ0n) is 13.4. The van der Waals surface area contributed by atoms with Crippen molar-refractivity contribution < 1.29 is 14.2 Å². The topological polar surface area (TPSA) is 146 Å². The lowest BCUT2D eigenvalue weighted by atomic mass is 10.2. The second-order valence-electron chi connectivity index (χ2n) is 4.88. The first-order valence-corrected chi connectivity index (χ1v) is 7.08. The SMILES string of the molecule is COc1ccc(C=NNC(=O)c2c(C)nnn2-c2nonc2N)cc1. The molecule has 0 atom stereocenters. The van der Waals surface area contributed by atoms with Gasteiger partial charge in [-0.3, -0.25) is 4.79 Å². The van der Waals surface area contributed by atoms with Crippen LogP contribution < -0.4 is 15.9 Å². The molecule has 25 heavy (non-hydrogen) atoms. The van der Waals surface area contributed by atoms with E-state index in [-0.39, 0.29) is 17.3 Å². The molecule has 0 aliphatic carbocycles. The number of nitrogen functional groups attached to an aromatic ring is 1. The molecule has 0 saturated carbocycles. The number of ether oxygens (including phenoxy) is 1. The van der Waals surface area contributed by atoms with E-state index in [0.717, 1.165) is 16.0 Å². The lowest BCUT2D eigenvalue weighted by Gasteiger charge is -2.02. The van der Waals surface area contributed by atoms with Gasteiger partial charge in [0.05, 0.1) is 19.0 Å². The van der Waals surface area contributed by atoms with Crippen LogP contribution >= 0.6 is 0 Å². The third-order valence-electron chi connectivity index (χ3n) is 3.25. The summed E-state index contributed by atoms with van der Waals surface area (Å²) in [5.41, 5.74) is 9.31. The molecule has 2 heterocycles. The van der Waals surface area contributed by atoms with Crippen LogP contribution in [0.4, 0.5) is 5.82 Å². The summed E-state index contributed by atoms with van der Waals surface area (Å²) in [6.45, 7) is 1.62. The maximum absolute atomic E-state index is 12.4. The number of rotatable bonds is 5. The Hall–Kier alpha value is -3.76. The lowest BCUT2D eigenvalue weighted by molar-refractivity contribution is 0.0946. The first-order chi connectivity index (χ1) is 12.1. The third-order valence-corrected chi connectivity index (χ3v) is 3.25. The number of aryl methyl sites for hydroxylation is 1. The minimum absolute atomic E-state index is 0.0133. The molecule has 0 unspecified atom stereocenters. The van der Waals surface area contributed by atoms with Crippen LogP contribution in [-0.2, 0) is 0 Å². The molecule has 3 rings (SSSR count). The molecule has 0 bridgehead atoms. The van der Waals surface area contributed by atoms with Crippen LogP contribution in [0.2, 0.25) is 0 Å². The van der Waals surface area contributed by atoms with Crippen LogP contribution in [0.3, 0.4) is 0 Å². The second-order valence-corrected chi connectivity index (χ2v) is 4.88. The minimum atomic E-state index is -0.533. The van der Waals surface area contributed by atoms with Gasteiger partial charge < -0.3 is 10.5 Å². The number of benzene rings is 1. The fourth-order valence-electron chi connectivity index (χ4n) is 2.01. The van der Waals surface area contributed by atoms with Gasteiger partial charge in [-0.2, -0.15) is 9.78 Å². The smallest absolute Gasteiger partial charge is 0.292 e. The van der Waals surface area contributed by atoms with Crippen molar-refractivity contribution in [1.29, 1.82) is 0 Å². The molecular formula is C14H14N8O3. The summed E-state index contributed by atoms with van der Waals surface area (Å²) < 4.78 is 10.7. The molecule has 11 heteroatoms. The van der Waals surface area contributed by atoms with Crippen molar-refractivity contribution in [3.63, 3.8) is 0 Å². The van der Waals surface area contributed by atoms with Crippen molar-refractivity contribution in [3.8, 4) is 11.6 Å². The normalized spacial score (nSPS) is 11.0. The van der Waals surface area contributed by atoms with Crippen LogP contribution in [0.25, 0.3) is 5.82 Å². The average molecular weight is 342 g/mol. The van der Waals surface area contributed by atoms with Gasteiger partial charge in [-0.1, -0.05) is 5.21 Å². The predicted molar refractivity (Wildman–Crippen MR) is 86.4 cm³/mol. The van der Waals surface area contributed by atoms with Crippen molar-refractivity contribution in [1.82, 2.24) is 30.7 Å². The molecule has 3 N–H and O–H groups in total. The summed E-state index contributed by atoms with van der Waals surface area (Å²) in [6, 6.07) is 7.17. The molecule has 2 aromatic heterocycles. The number of anilines is 1. The average Bonchev–Trinajstić information content (AvgIpc) is 3.20. The van der Waals surface area contributed by atoms with E-state index in [1.807, 2.05) is 0 Å². The van der Waals surface area contributed by atoms with Crippen LogP contribution in [0.1, 0.15) is 21.7 Å².